The number of hydrogen-bond donors (Lipinski definition) is 0. The average molecular weight is 563 g/mol. The summed E-state index contributed by atoms with van der Waals surface area (Å²) in [4.78, 5) is 59.7. The smallest absolute Gasteiger partial charge is 0.253 e. The fourth-order valence-corrected chi connectivity index (χ4v) is 7.42. The third kappa shape index (κ3) is 3.10. The van der Waals surface area contributed by atoms with Crippen molar-refractivity contribution in [1.29, 1.82) is 0 Å². The van der Waals surface area contributed by atoms with Gasteiger partial charge in [-0.3, -0.25) is 19.2 Å². The maximum Gasteiger partial charge on any atom is 0.253 e. The lowest BCUT2D eigenvalue weighted by Gasteiger charge is -2.34. The lowest BCUT2D eigenvalue weighted by molar-refractivity contribution is -0.136. The molecule has 2 aromatic carbocycles. The van der Waals surface area contributed by atoms with Crippen molar-refractivity contribution in [3.63, 3.8) is 0 Å². The number of aryl methyl sites for hydroxylation is 2. The summed E-state index contributed by atoms with van der Waals surface area (Å²) in [7, 11) is 0. The van der Waals surface area contributed by atoms with Crippen LogP contribution in [0.4, 0.5) is 11.4 Å². The summed E-state index contributed by atoms with van der Waals surface area (Å²) in [5.74, 6) is -2.46. The number of hydrogen-bond acceptors (Lipinski definition) is 8. The molecule has 0 unspecified atom stereocenters. The molecule has 4 aromatic rings. The largest absolute Gasteiger partial charge is 0.468 e. The van der Waals surface area contributed by atoms with Crippen molar-refractivity contribution in [2.45, 2.75) is 38.0 Å². The summed E-state index contributed by atoms with van der Waals surface area (Å²) in [6.45, 7) is 3.70. The molecule has 10 heteroatoms. The predicted octanol–water partition coefficient (Wildman–Crippen LogP) is 3.93. The maximum absolute atomic E-state index is 14.3. The maximum atomic E-state index is 14.3. The molecular weight excluding hydrogens is 536 g/mol. The SMILES string of the molecule is Cc1ccccc1N1C(=O)[C@H]2[C@@H](C1=O)N1[C@H](c3ccco3)[C@@H]3C(=O)N(c4ccccc4C)C(=O)[C@H]3N1[C@@H]2c1ccco1. The molecule has 42 heavy (non-hydrogen) atoms. The fraction of sp³-hybridized carbons (Fsp3) is 0.250. The summed E-state index contributed by atoms with van der Waals surface area (Å²) >= 11 is 0. The van der Waals surface area contributed by atoms with Gasteiger partial charge in [0.2, 0.25) is 11.8 Å². The number of amides is 4. The third-order valence-electron chi connectivity index (χ3n) is 9.11. The second-order valence-electron chi connectivity index (χ2n) is 11.2. The number of benzene rings is 2. The van der Waals surface area contributed by atoms with Gasteiger partial charge < -0.3 is 8.83 Å². The van der Waals surface area contributed by atoms with Crippen molar-refractivity contribution >= 4 is 35.0 Å². The van der Waals surface area contributed by atoms with Crippen LogP contribution in [0.2, 0.25) is 0 Å². The van der Waals surface area contributed by atoms with Crippen molar-refractivity contribution in [1.82, 2.24) is 10.0 Å². The highest BCUT2D eigenvalue weighted by molar-refractivity contribution is 6.26. The Hall–Kier alpha value is -4.80. The molecule has 4 aliphatic rings. The van der Waals surface area contributed by atoms with Gasteiger partial charge in [-0.25, -0.2) is 19.8 Å². The zero-order valence-corrected chi connectivity index (χ0v) is 22.8. The van der Waals surface area contributed by atoms with E-state index < -0.39 is 47.8 Å². The Morgan fingerprint density at radius 2 is 0.905 bits per heavy atom. The molecule has 0 N–H and O–H groups in total. The zero-order valence-electron chi connectivity index (χ0n) is 22.8. The second kappa shape index (κ2) is 8.85. The van der Waals surface area contributed by atoms with E-state index in [1.165, 1.54) is 22.3 Å². The van der Waals surface area contributed by atoms with E-state index in [9.17, 15) is 19.2 Å². The van der Waals surface area contributed by atoms with Crippen molar-refractivity contribution in [2.24, 2.45) is 11.8 Å². The van der Waals surface area contributed by atoms with Crippen LogP contribution in [0.25, 0.3) is 0 Å². The van der Waals surface area contributed by atoms with E-state index in [2.05, 4.69) is 0 Å². The number of imide groups is 2. The Balaban J connectivity index is 1.32. The quantitative estimate of drug-likeness (QED) is 0.345. The second-order valence-corrected chi connectivity index (χ2v) is 11.2. The van der Waals surface area contributed by atoms with E-state index in [4.69, 9.17) is 8.83 Å². The van der Waals surface area contributed by atoms with Crippen LogP contribution in [0.1, 0.15) is 34.7 Å². The van der Waals surface area contributed by atoms with E-state index in [0.29, 0.717) is 22.9 Å². The first-order valence-electron chi connectivity index (χ1n) is 13.9. The number of furan rings is 2. The first-order chi connectivity index (χ1) is 20.4. The van der Waals surface area contributed by atoms with Gasteiger partial charge in [-0.05, 0) is 61.4 Å². The van der Waals surface area contributed by atoms with Gasteiger partial charge in [0.25, 0.3) is 11.8 Å². The number of hydrazine groups is 1. The van der Waals surface area contributed by atoms with Gasteiger partial charge in [-0.1, -0.05) is 36.4 Å². The Morgan fingerprint density at radius 3 is 1.26 bits per heavy atom. The van der Waals surface area contributed by atoms with Crippen LogP contribution in [0.5, 0.6) is 0 Å². The molecule has 4 saturated heterocycles. The summed E-state index contributed by atoms with van der Waals surface area (Å²) in [6.07, 6.45) is 3.01. The molecule has 0 spiro atoms. The van der Waals surface area contributed by atoms with Gasteiger partial charge in [0.15, 0.2) is 0 Å². The number of para-hydroxylation sites is 2. The normalized spacial score (nSPS) is 29.1. The Bertz CT molecular complexity index is 1640. The molecule has 0 bridgehead atoms. The minimum Gasteiger partial charge on any atom is -0.468 e. The van der Waals surface area contributed by atoms with Crippen LogP contribution in [0.3, 0.4) is 0 Å². The first-order valence-corrected chi connectivity index (χ1v) is 13.9. The molecule has 4 aliphatic heterocycles. The summed E-state index contributed by atoms with van der Waals surface area (Å²) < 4.78 is 11.7. The molecule has 6 atom stereocenters. The van der Waals surface area contributed by atoms with Crippen LogP contribution in [-0.2, 0) is 19.2 Å². The third-order valence-corrected chi connectivity index (χ3v) is 9.11. The number of rotatable bonds is 4. The lowest BCUT2D eigenvalue weighted by atomic mass is 9.87. The van der Waals surface area contributed by atoms with Crippen LogP contribution in [-0.4, -0.2) is 45.7 Å². The van der Waals surface area contributed by atoms with Gasteiger partial charge in [0, 0.05) is 0 Å². The fourth-order valence-electron chi connectivity index (χ4n) is 7.42. The van der Waals surface area contributed by atoms with Gasteiger partial charge >= 0.3 is 0 Å². The lowest BCUT2D eigenvalue weighted by Crippen LogP contribution is -2.50. The molecule has 6 heterocycles. The monoisotopic (exact) mass is 562 g/mol. The van der Waals surface area contributed by atoms with E-state index in [0.717, 1.165) is 11.1 Å². The minimum atomic E-state index is -0.972. The molecule has 0 saturated carbocycles. The van der Waals surface area contributed by atoms with E-state index >= 15 is 0 Å². The standard InChI is InChI=1S/C32H26N4O6/c1-17-9-3-5-11-19(17)33-29(37)23-25(21-13-7-15-41-21)36-28-24(26(22-14-8-16-42-22)35(36)27(23)31(33)39)30(38)34(32(28)40)20-12-6-4-10-18(20)2/h3-16,23-28H,1-2H3/t23-,24+,25-,26-,27+,28+/m1/s1. The molecule has 210 valence electrons. The zero-order chi connectivity index (χ0) is 28.9. The van der Waals surface area contributed by atoms with Gasteiger partial charge in [0.1, 0.15) is 23.6 Å². The minimum absolute atomic E-state index is 0.377. The predicted molar refractivity (Wildman–Crippen MR) is 148 cm³/mol. The van der Waals surface area contributed by atoms with Crippen LogP contribution >= 0.6 is 0 Å². The van der Waals surface area contributed by atoms with Crippen LogP contribution < -0.4 is 9.80 Å². The van der Waals surface area contributed by atoms with E-state index in [1.54, 1.807) is 58.5 Å². The highest BCUT2D eigenvalue weighted by Crippen LogP contribution is 2.60. The Kier molecular flexibility index (Phi) is 5.26. The van der Waals surface area contributed by atoms with Crippen LogP contribution in [0.15, 0.2) is 94.2 Å². The number of nitrogens with zero attached hydrogens (tertiary/aromatic N) is 4. The average Bonchev–Trinajstić information content (AvgIpc) is 3.81. The van der Waals surface area contributed by atoms with Crippen molar-refractivity contribution in [3.8, 4) is 0 Å². The number of anilines is 2. The van der Waals surface area contributed by atoms with E-state index in [-0.39, 0.29) is 11.8 Å². The molecule has 4 amide bonds. The number of carbonyl (C=O) groups is 4. The molecule has 8 rings (SSSR count). The summed E-state index contributed by atoms with van der Waals surface area (Å²) in [5.41, 5.74) is 2.59. The highest BCUT2D eigenvalue weighted by atomic mass is 16.3. The van der Waals surface area contributed by atoms with Gasteiger partial charge in [-0.15, -0.1) is 0 Å². The van der Waals surface area contributed by atoms with E-state index in [1.807, 2.05) is 38.1 Å². The summed E-state index contributed by atoms with van der Waals surface area (Å²) in [6, 6.07) is 17.9. The molecule has 10 nitrogen and oxygen atoms in total. The molecule has 2 aromatic heterocycles. The van der Waals surface area contributed by atoms with Crippen molar-refractivity contribution in [3.05, 3.63) is 108 Å². The molecule has 0 aliphatic carbocycles. The number of carbonyl (C=O) groups excluding carboxylic acids is 4. The summed E-state index contributed by atoms with van der Waals surface area (Å²) in [5, 5.41) is 3.52. The van der Waals surface area contributed by atoms with Gasteiger partial charge in [0.05, 0.1) is 47.8 Å². The van der Waals surface area contributed by atoms with Crippen LogP contribution in [0, 0.1) is 25.7 Å². The first kappa shape index (κ1) is 25.0. The highest BCUT2D eigenvalue weighted by Gasteiger charge is 2.74. The van der Waals surface area contributed by atoms with Gasteiger partial charge in [-0.2, -0.15) is 0 Å². The van der Waals surface area contributed by atoms with Crippen molar-refractivity contribution < 1.29 is 28.0 Å². The molecule has 0 radical (unpaired) electrons. The van der Waals surface area contributed by atoms with Crippen molar-refractivity contribution in [2.75, 3.05) is 9.80 Å². The topological polar surface area (TPSA) is 108 Å². The molecule has 4 fully saturated rings. The Morgan fingerprint density at radius 1 is 0.500 bits per heavy atom. The number of fused-ring (bicyclic) bond motifs is 5. The Labute approximate surface area is 240 Å². The molecular formula is C32H26N4O6.